The Bertz CT molecular complexity index is 574. The summed E-state index contributed by atoms with van der Waals surface area (Å²) in [5.74, 6) is 1.47. The molecule has 0 bridgehead atoms. The molecule has 2 fully saturated rings. The molecule has 5 nitrogen and oxygen atoms in total. The minimum atomic E-state index is 0.0538. The second kappa shape index (κ2) is 6.78. The number of nitriles is 1. The zero-order valence-corrected chi connectivity index (χ0v) is 12.8. The van der Waals surface area contributed by atoms with E-state index in [1.54, 1.807) is 18.3 Å². The molecule has 1 aliphatic heterocycles. The summed E-state index contributed by atoms with van der Waals surface area (Å²) in [7, 11) is 0. The van der Waals surface area contributed by atoms with Crippen molar-refractivity contribution in [2.45, 2.75) is 44.6 Å². The summed E-state index contributed by atoms with van der Waals surface area (Å²) in [6.07, 6.45) is 8.60. The SMILES string of the molecule is N#Cc1cccnc1N[C@H]1CC(=O)N(CC2CCCCC2)C1. The van der Waals surface area contributed by atoms with Crippen LogP contribution in [0.15, 0.2) is 18.3 Å². The molecule has 2 heterocycles. The van der Waals surface area contributed by atoms with Crippen molar-refractivity contribution < 1.29 is 4.79 Å². The predicted octanol–water partition coefficient (Wildman–Crippen LogP) is 2.55. The maximum Gasteiger partial charge on any atom is 0.224 e. The molecule has 0 radical (unpaired) electrons. The number of anilines is 1. The summed E-state index contributed by atoms with van der Waals surface area (Å²) in [5, 5.41) is 12.4. The van der Waals surface area contributed by atoms with Crippen LogP contribution in [0.1, 0.15) is 44.1 Å². The number of pyridine rings is 1. The second-order valence-electron chi connectivity index (χ2n) is 6.36. The fraction of sp³-hybridized carbons (Fsp3) is 0.588. The maximum absolute atomic E-state index is 12.2. The van der Waals surface area contributed by atoms with Crippen LogP contribution < -0.4 is 5.32 Å². The van der Waals surface area contributed by atoms with E-state index in [4.69, 9.17) is 5.26 Å². The van der Waals surface area contributed by atoms with Crippen LogP contribution >= 0.6 is 0 Å². The van der Waals surface area contributed by atoms with Crippen molar-refractivity contribution in [3.8, 4) is 6.07 Å². The zero-order chi connectivity index (χ0) is 15.4. The maximum atomic E-state index is 12.2. The van der Waals surface area contributed by atoms with Gasteiger partial charge >= 0.3 is 0 Å². The van der Waals surface area contributed by atoms with Crippen LogP contribution in [-0.4, -0.2) is 34.9 Å². The van der Waals surface area contributed by atoms with E-state index in [-0.39, 0.29) is 11.9 Å². The third-order valence-corrected chi connectivity index (χ3v) is 4.69. The molecule has 22 heavy (non-hydrogen) atoms. The molecule has 5 heteroatoms. The minimum Gasteiger partial charge on any atom is -0.364 e. The Hall–Kier alpha value is -2.09. The summed E-state index contributed by atoms with van der Waals surface area (Å²) in [4.78, 5) is 18.4. The van der Waals surface area contributed by atoms with Gasteiger partial charge in [-0.3, -0.25) is 4.79 Å². The van der Waals surface area contributed by atoms with Crippen LogP contribution in [0.2, 0.25) is 0 Å². The molecule has 1 aromatic rings. The number of carbonyl (C=O) groups is 1. The average Bonchev–Trinajstić information content (AvgIpc) is 2.88. The highest BCUT2D eigenvalue weighted by Crippen LogP contribution is 2.26. The van der Waals surface area contributed by atoms with Crippen molar-refractivity contribution in [1.82, 2.24) is 9.88 Å². The fourth-order valence-electron chi connectivity index (χ4n) is 3.53. The normalized spacial score (nSPS) is 22.6. The van der Waals surface area contributed by atoms with Crippen molar-refractivity contribution >= 4 is 11.7 Å². The Morgan fingerprint density at radius 2 is 2.18 bits per heavy atom. The number of hydrogen-bond donors (Lipinski definition) is 1. The summed E-state index contributed by atoms with van der Waals surface area (Å²) in [5.41, 5.74) is 0.528. The van der Waals surface area contributed by atoms with Crippen molar-refractivity contribution in [3.63, 3.8) is 0 Å². The van der Waals surface area contributed by atoms with Gasteiger partial charge in [-0.15, -0.1) is 0 Å². The van der Waals surface area contributed by atoms with Crippen molar-refractivity contribution in [2.24, 2.45) is 5.92 Å². The van der Waals surface area contributed by atoms with E-state index in [1.807, 2.05) is 4.90 Å². The third kappa shape index (κ3) is 3.38. The molecule has 3 rings (SSSR count). The molecule has 1 aromatic heterocycles. The van der Waals surface area contributed by atoms with Gasteiger partial charge in [0.2, 0.25) is 5.91 Å². The first-order chi connectivity index (χ1) is 10.8. The van der Waals surface area contributed by atoms with E-state index in [2.05, 4.69) is 16.4 Å². The van der Waals surface area contributed by atoms with Crippen LogP contribution in [0, 0.1) is 17.2 Å². The lowest BCUT2D eigenvalue weighted by atomic mass is 9.89. The number of nitrogens with zero attached hydrogens (tertiary/aromatic N) is 3. The Balaban J connectivity index is 1.58. The number of likely N-dealkylation sites (tertiary alicyclic amines) is 1. The molecule has 0 spiro atoms. The number of aromatic nitrogens is 1. The minimum absolute atomic E-state index is 0.0538. The van der Waals surface area contributed by atoms with Crippen molar-refractivity contribution in [3.05, 3.63) is 23.9 Å². The van der Waals surface area contributed by atoms with Gasteiger partial charge in [0.15, 0.2) is 0 Å². The molecular weight excluding hydrogens is 276 g/mol. The van der Waals surface area contributed by atoms with Gasteiger partial charge in [0, 0.05) is 25.7 Å². The van der Waals surface area contributed by atoms with Gasteiger partial charge in [-0.1, -0.05) is 19.3 Å². The molecule has 1 saturated carbocycles. The molecule has 0 aromatic carbocycles. The lowest BCUT2D eigenvalue weighted by Crippen LogP contribution is -2.33. The highest BCUT2D eigenvalue weighted by Gasteiger charge is 2.31. The summed E-state index contributed by atoms with van der Waals surface area (Å²) in [6, 6.07) is 5.68. The largest absolute Gasteiger partial charge is 0.364 e. The molecule has 1 aliphatic carbocycles. The quantitative estimate of drug-likeness (QED) is 0.927. The third-order valence-electron chi connectivity index (χ3n) is 4.69. The lowest BCUT2D eigenvalue weighted by Gasteiger charge is -2.27. The van der Waals surface area contributed by atoms with E-state index < -0.39 is 0 Å². The molecule has 1 atom stereocenters. The molecule has 2 aliphatic rings. The van der Waals surface area contributed by atoms with Crippen LogP contribution in [-0.2, 0) is 4.79 Å². The Kier molecular flexibility index (Phi) is 4.57. The van der Waals surface area contributed by atoms with E-state index in [0.717, 1.165) is 13.1 Å². The van der Waals surface area contributed by atoms with E-state index >= 15 is 0 Å². The topological polar surface area (TPSA) is 69.0 Å². The second-order valence-corrected chi connectivity index (χ2v) is 6.36. The number of rotatable bonds is 4. The number of nitrogens with one attached hydrogen (secondary N) is 1. The van der Waals surface area contributed by atoms with Crippen LogP contribution in [0.3, 0.4) is 0 Å². The number of amides is 1. The Morgan fingerprint density at radius 3 is 2.95 bits per heavy atom. The highest BCUT2D eigenvalue weighted by atomic mass is 16.2. The standard InChI is InChI=1S/C17H22N4O/c18-10-14-7-4-8-19-17(14)20-15-9-16(22)21(12-15)11-13-5-2-1-3-6-13/h4,7-8,13,15H,1-3,5-6,9,11-12H2,(H,19,20)/t15-/m0/s1. The molecule has 1 saturated heterocycles. The molecular formula is C17H22N4O. The van der Waals surface area contributed by atoms with Crippen LogP contribution in [0.4, 0.5) is 5.82 Å². The molecule has 116 valence electrons. The van der Waals surface area contributed by atoms with Gasteiger partial charge in [0.1, 0.15) is 11.9 Å². The number of carbonyl (C=O) groups excluding carboxylic acids is 1. The summed E-state index contributed by atoms with van der Waals surface area (Å²) in [6.45, 7) is 1.61. The van der Waals surface area contributed by atoms with Crippen molar-refractivity contribution in [2.75, 3.05) is 18.4 Å². The van der Waals surface area contributed by atoms with Gasteiger partial charge in [0.25, 0.3) is 0 Å². The van der Waals surface area contributed by atoms with E-state index in [0.29, 0.717) is 23.7 Å². The van der Waals surface area contributed by atoms with Crippen LogP contribution in [0.5, 0.6) is 0 Å². The fourth-order valence-corrected chi connectivity index (χ4v) is 3.53. The lowest BCUT2D eigenvalue weighted by molar-refractivity contribution is -0.128. The van der Waals surface area contributed by atoms with E-state index in [9.17, 15) is 4.79 Å². The molecule has 1 N–H and O–H groups in total. The first kappa shape index (κ1) is 14.8. The smallest absolute Gasteiger partial charge is 0.224 e. The van der Waals surface area contributed by atoms with E-state index in [1.165, 1.54) is 32.1 Å². The first-order valence-electron chi connectivity index (χ1n) is 8.15. The first-order valence-corrected chi connectivity index (χ1v) is 8.15. The van der Waals surface area contributed by atoms with Crippen LogP contribution in [0.25, 0.3) is 0 Å². The monoisotopic (exact) mass is 298 g/mol. The van der Waals surface area contributed by atoms with Gasteiger partial charge in [-0.2, -0.15) is 5.26 Å². The van der Waals surface area contributed by atoms with Gasteiger partial charge in [-0.25, -0.2) is 4.98 Å². The van der Waals surface area contributed by atoms with Gasteiger partial charge in [-0.05, 0) is 30.9 Å². The molecule has 0 unspecified atom stereocenters. The van der Waals surface area contributed by atoms with Crippen molar-refractivity contribution in [1.29, 1.82) is 5.26 Å². The van der Waals surface area contributed by atoms with Gasteiger partial charge in [0.05, 0.1) is 11.6 Å². The average molecular weight is 298 g/mol. The predicted molar refractivity (Wildman–Crippen MR) is 84.1 cm³/mol. The summed E-state index contributed by atoms with van der Waals surface area (Å²) >= 11 is 0. The number of hydrogen-bond acceptors (Lipinski definition) is 4. The zero-order valence-electron chi connectivity index (χ0n) is 12.8. The Morgan fingerprint density at radius 1 is 1.36 bits per heavy atom. The molecule has 1 amide bonds. The van der Waals surface area contributed by atoms with Gasteiger partial charge < -0.3 is 10.2 Å². The Labute approximate surface area is 131 Å². The summed E-state index contributed by atoms with van der Waals surface area (Å²) < 4.78 is 0. The highest BCUT2D eigenvalue weighted by molar-refractivity contribution is 5.80.